The van der Waals surface area contributed by atoms with Crippen LogP contribution < -0.4 is 10.2 Å². The molecule has 9 nitrogen and oxygen atoms in total. The molecule has 3 aromatic rings. The van der Waals surface area contributed by atoms with Gasteiger partial charge in [-0.05, 0) is 37.3 Å². The number of benzene rings is 2. The van der Waals surface area contributed by atoms with Crippen LogP contribution in [0.5, 0.6) is 5.75 Å². The molecular weight excluding hydrogens is 362 g/mol. The molecule has 0 unspecified atom stereocenters. The fraction of sp³-hybridized carbons (Fsp3) is 0.105. The Morgan fingerprint density at radius 1 is 1.29 bits per heavy atom. The topological polar surface area (TPSA) is 123 Å². The van der Waals surface area contributed by atoms with E-state index in [4.69, 9.17) is 4.74 Å². The summed E-state index contributed by atoms with van der Waals surface area (Å²) in [6.07, 6.45) is 1.33. The summed E-state index contributed by atoms with van der Waals surface area (Å²) < 4.78 is 5.40. The Bertz CT molecular complexity index is 1010. The summed E-state index contributed by atoms with van der Waals surface area (Å²) in [4.78, 5) is 22.4. The number of nitrogens with one attached hydrogen (secondary N) is 2. The summed E-state index contributed by atoms with van der Waals surface area (Å²) in [7, 11) is 0. The highest BCUT2D eigenvalue weighted by atomic mass is 16.6. The lowest BCUT2D eigenvalue weighted by Gasteiger charge is -2.02. The molecule has 2 N–H and O–H groups in total. The number of hydrazone groups is 1. The number of carbonyl (C=O) groups is 1. The Morgan fingerprint density at radius 2 is 2.07 bits per heavy atom. The average molecular weight is 379 g/mol. The van der Waals surface area contributed by atoms with Gasteiger partial charge in [0.15, 0.2) is 0 Å². The Balaban J connectivity index is 1.64. The quantitative estimate of drug-likeness (QED) is 0.371. The number of nitro benzene ring substituents is 1. The van der Waals surface area contributed by atoms with E-state index >= 15 is 0 Å². The average Bonchev–Trinajstić information content (AvgIpc) is 3.19. The standard InChI is InChI=1S/C19H17N5O4/c1-2-28-16-8-6-14(7-9-16)17-11-18(22-21-17)19(25)23-20-12-13-4-3-5-15(10-13)24(26)27/h3-12H,2H2,1H3,(H,21,22)(H,23,25)/b20-12-. The molecule has 0 atom stereocenters. The van der Waals surface area contributed by atoms with Crippen molar-refractivity contribution in [2.24, 2.45) is 5.10 Å². The van der Waals surface area contributed by atoms with Gasteiger partial charge in [0.05, 0.1) is 23.4 Å². The zero-order valence-corrected chi connectivity index (χ0v) is 15.0. The molecule has 3 rings (SSSR count). The lowest BCUT2D eigenvalue weighted by atomic mass is 10.1. The van der Waals surface area contributed by atoms with Gasteiger partial charge < -0.3 is 4.74 Å². The number of hydrogen-bond donors (Lipinski definition) is 2. The number of ether oxygens (including phenoxy) is 1. The first-order valence-corrected chi connectivity index (χ1v) is 8.43. The molecule has 1 aromatic heterocycles. The minimum Gasteiger partial charge on any atom is -0.494 e. The fourth-order valence-electron chi connectivity index (χ4n) is 2.42. The maximum atomic E-state index is 12.2. The summed E-state index contributed by atoms with van der Waals surface area (Å²) >= 11 is 0. The van der Waals surface area contributed by atoms with Crippen molar-refractivity contribution in [3.63, 3.8) is 0 Å². The molecule has 28 heavy (non-hydrogen) atoms. The number of non-ortho nitro benzene ring substituents is 1. The number of nitrogens with zero attached hydrogens (tertiary/aromatic N) is 3. The Kier molecular flexibility index (Phi) is 5.75. The van der Waals surface area contributed by atoms with Gasteiger partial charge in [0.1, 0.15) is 11.4 Å². The monoisotopic (exact) mass is 379 g/mol. The van der Waals surface area contributed by atoms with E-state index in [1.54, 1.807) is 18.2 Å². The van der Waals surface area contributed by atoms with E-state index < -0.39 is 10.8 Å². The minimum absolute atomic E-state index is 0.0520. The molecule has 0 bridgehead atoms. The Labute approximate surface area is 160 Å². The van der Waals surface area contributed by atoms with Gasteiger partial charge in [-0.1, -0.05) is 12.1 Å². The zero-order valence-electron chi connectivity index (χ0n) is 15.0. The maximum Gasteiger partial charge on any atom is 0.289 e. The van der Waals surface area contributed by atoms with Crippen molar-refractivity contribution >= 4 is 17.8 Å². The highest BCUT2D eigenvalue weighted by Crippen LogP contribution is 2.21. The van der Waals surface area contributed by atoms with E-state index in [0.717, 1.165) is 11.3 Å². The van der Waals surface area contributed by atoms with E-state index in [9.17, 15) is 14.9 Å². The lowest BCUT2D eigenvalue weighted by molar-refractivity contribution is -0.384. The van der Waals surface area contributed by atoms with Crippen LogP contribution in [0, 0.1) is 10.1 Å². The summed E-state index contributed by atoms with van der Waals surface area (Å²) in [5, 5.41) is 21.4. The molecule has 0 spiro atoms. The minimum atomic E-state index is -0.497. The van der Waals surface area contributed by atoms with Gasteiger partial charge >= 0.3 is 0 Å². The van der Waals surface area contributed by atoms with E-state index in [1.165, 1.54) is 18.3 Å². The molecule has 0 fully saturated rings. The van der Waals surface area contributed by atoms with Crippen molar-refractivity contribution < 1.29 is 14.5 Å². The molecule has 9 heteroatoms. The van der Waals surface area contributed by atoms with Crippen LogP contribution in [-0.2, 0) is 0 Å². The summed E-state index contributed by atoms with van der Waals surface area (Å²) in [6, 6.07) is 14.9. The Morgan fingerprint density at radius 3 is 2.79 bits per heavy atom. The van der Waals surface area contributed by atoms with Gasteiger partial charge in [-0.25, -0.2) is 5.43 Å². The normalized spacial score (nSPS) is 10.8. The van der Waals surface area contributed by atoms with Crippen LogP contribution in [0.2, 0.25) is 0 Å². The number of hydrogen-bond acceptors (Lipinski definition) is 6. The van der Waals surface area contributed by atoms with Crippen molar-refractivity contribution in [3.8, 4) is 17.0 Å². The summed E-state index contributed by atoms with van der Waals surface area (Å²) in [5.41, 5.74) is 4.47. The molecule has 1 amide bonds. The number of aromatic nitrogens is 2. The number of amides is 1. The molecule has 2 aromatic carbocycles. The van der Waals surface area contributed by atoms with Crippen LogP contribution in [0.4, 0.5) is 5.69 Å². The fourth-order valence-corrected chi connectivity index (χ4v) is 2.42. The number of carbonyl (C=O) groups excluding carboxylic acids is 1. The van der Waals surface area contributed by atoms with Gasteiger partial charge in [-0.2, -0.15) is 10.2 Å². The smallest absolute Gasteiger partial charge is 0.289 e. The molecule has 0 aliphatic rings. The second kappa shape index (κ2) is 8.58. The second-order valence-electron chi connectivity index (χ2n) is 5.68. The first-order valence-electron chi connectivity index (χ1n) is 8.43. The SMILES string of the molecule is CCOc1ccc(-c2cc(C(=O)N/N=C\c3cccc([N+](=O)[O-])c3)[nH]n2)cc1. The predicted octanol–water partition coefficient (Wildman–Crippen LogP) is 3.15. The van der Waals surface area contributed by atoms with E-state index in [-0.39, 0.29) is 11.4 Å². The first-order chi connectivity index (χ1) is 13.6. The second-order valence-corrected chi connectivity index (χ2v) is 5.68. The number of nitro groups is 1. The lowest BCUT2D eigenvalue weighted by Crippen LogP contribution is -2.18. The van der Waals surface area contributed by atoms with Crippen molar-refractivity contribution in [3.05, 3.63) is 76.0 Å². The number of rotatable bonds is 7. The Hall–Kier alpha value is -4.01. The zero-order chi connectivity index (χ0) is 19.9. The molecule has 0 aliphatic heterocycles. The third-order valence-corrected chi connectivity index (χ3v) is 3.74. The van der Waals surface area contributed by atoms with Crippen LogP contribution in [0.3, 0.4) is 0 Å². The molecule has 0 saturated carbocycles. The van der Waals surface area contributed by atoms with Crippen LogP contribution >= 0.6 is 0 Å². The molecule has 142 valence electrons. The number of H-pyrrole nitrogens is 1. The van der Waals surface area contributed by atoms with E-state index in [2.05, 4.69) is 20.7 Å². The summed E-state index contributed by atoms with van der Waals surface area (Å²) in [6.45, 7) is 2.50. The predicted molar refractivity (Wildman–Crippen MR) is 103 cm³/mol. The van der Waals surface area contributed by atoms with Gasteiger partial charge in [0.2, 0.25) is 0 Å². The van der Waals surface area contributed by atoms with Crippen molar-refractivity contribution in [2.45, 2.75) is 6.92 Å². The van der Waals surface area contributed by atoms with Crippen LogP contribution in [0.25, 0.3) is 11.3 Å². The maximum absolute atomic E-state index is 12.2. The van der Waals surface area contributed by atoms with Gasteiger partial charge in [-0.15, -0.1) is 0 Å². The molecule has 0 aliphatic carbocycles. The number of aromatic amines is 1. The van der Waals surface area contributed by atoms with Crippen LogP contribution in [-0.4, -0.2) is 33.8 Å². The van der Waals surface area contributed by atoms with Crippen molar-refractivity contribution in [1.29, 1.82) is 0 Å². The van der Waals surface area contributed by atoms with Crippen molar-refractivity contribution in [1.82, 2.24) is 15.6 Å². The van der Waals surface area contributed by atoms with Crippen LogP contribution in [0.15, 0.2) is 59.7 Å². The molecule has 0 radical (unpaired) electrons. The van der Waals surface area contributed by atoms with E-state index in [0.29, 0.717) is 17.9 Å². The molecule has 1 heterocycles. The van der Waals surface area contributed by atoms with Gasteiger partial charge in [0, 0.05) is 23.3 Å². The van der Waals surface area contributed by atoms with Crippen molar-refractivity contribution in [2.75, 3.05) is 6.61 Å². The first kappa shape index (κ1) is 18.8. The largest absolute Gasteiger partial charge is 0.494 e. The molecular formula is C19H17N5O4. The van der Waals surface area contributed by atoms with Crippen LogP contribution in [0.1, 0.15) is 23.0 Å². The van der Waals surface area contributed by atoms with Gasteiger partial charge in [-0.3, -0.25) is 20.0 Å². The third-order valence-electron chi connectivity index (χ3n) is 3.74. The molecule has 0 saturated heterocycles. The third kappa shape index (κ3) is 4.58. The summed E-state index contributed by atoms with van der Waals surface area (Å²) in [5.74, 6) is 0.279. The van der Waals surface area contributed by atoms with E-state index in [1.807, 2.05) is 31.2 Å². The van der Waals surface area contributed by atoms with Gasteiger partial charge in [0.25, 0.3) is 11.6 Å². The highest BCUT2D eigenvalue weighted by Gasteiger charge is 2.11. The highest BCUT2D eigenvalue weighted by molar-refractivity contribution is 5.94.